The van der Waals surface area contributed by atoms with Crippen LogP contribution in [0.4, 0.5) is 0 Å². The Bertz CT molecular complexity index is 317. The number of methoxy groups -OCH3 is 2. The summed E-state index contributed by atoms with van der Waals surface area (Å²) in [4.78, 5) is 4.56. The molecule has 0 saturated carbocycles. The molecule has 0 spiro atoms. The van der Waals surface area contributed by atoms with E-state index in [1.54, 1.807) is 14.2 Å². The summed E-state index contributed by atoms with van der Waals surface area (Å²) in [5, 5.41) is 0. The molecule has 0 fully saturated rings. The van der Waals surface area contributed by atoms with Gasteiger partial charge in [-0.2, -0.15) is 0 Å². The number of benzene rings is 1. The van der Waals surface area contributed by atoms with Gasteiger partial charge in [0.15, 0.2) is 0 Å². The van der Waals surface area contributed by atoms with Gasteiger partial charge < -0.3 is 9.47 Å². The Hall–Kier alpha value is -0.780. The van der Waals surface area contributed by atoms with Crippen molar-refractivity contribution in [1.29, 1.82) is 0 Å². The van der Waals surface area contributed by atoms with E-state index < -0.39 is 0 Å². The predicted molar refractivity (Wildman–Crippen MR) is 56.2 cm³/mol. The van der Waals surface area contributed by atoms with Gasteiger partial charge in [0, 0.05) is 5.56 Å². The molecular formula is C9H12BrNO3. The molecule has 0 radical (unpaired) electrons. The zero-order valence-corrected chi connectivity index (χ0v) is 9.63. The van der Waals surface area contributed by atoms with Crippen LogP contribution in [0.25, 0.3) is 0 Å². The number of hydrogen-bond donors (Lipinski definition) is 1. The fourth-order valence-corrected chi connectivity index (χ4v) is 1.87. The molecule has 78 valence electrons. The highest BCUT2D eigenvalue weighted by atomic mass is 79.9. The summed E-state index contributed by atoms with van der Waals surface area (Å²) in [7, 11) is 3.18. The first kappa shape index (κ1) is 11.3. The van der Waals surface area contributed by atoms with Crippen molar-refractivity contribution >= 4 is 15.9 Å². The van der Waals surface area contributed by atoms with Crippen LogP contribution in [-0.2, 0) is 11.4 Å². The first-order valence-corrected chi connectivity index (χ1v) is 4.75. The summed E-state index contributed by atoms with van der Waals surface area (Å²) in [5.74, 6) is 6.39. The van der Waals surface area contributed by atoms with E-state index in [0.717, 1.165) is 10.0 Å². The van der Waals surface area contributed by atoms with Gasteiger partial charge in [-0.1, -0.05) is 0 Å². The lowest BCUT2D eigenvalue weighted by molar-refractivity contribution is 0.122. The minimum atomic E-state index is 0.297. The Balaban J connectivity index is 3.14. The third-order valence-electron chi connectivity index (χ3n) is 1.81. The zero-order valence-electron chi connectivity index (χ0n) is 8.04. The van der Waals surface area contributed by atoms with Crippen molar-refractivity contribution in [3.63, 3.8) is 0 Å². The van der Waals surface area contributed by atoms with E-state index in [0.29, 0.717) is 18.1 Å². The molecule has 0 heterocycles. The second-order valence-corrected chi connectivity index (χ2v) is 3.38. The summed E-state index contributed by atoms with van der Waals surface area (Å²) in [6, 6.07) is 3.66. The minimum absolute atomic E-state index is 0.297. The van der Waals surface area contributed by atoms with Gasteiger partial charge in [-0.25, -0.2) is 5.90 Å². The van der Waals surface area contributed by atoms with E-state index >= 15 is 0 Å². The summed E-state index contributed by atoms with van der Waals surface area (Å²) in [6.07, 6.45) is 0. The maximum absolute atomic E-state index is 5.21. The molecule has 0 amide bonds. The van der Waals surface area contributed by atoms with Crippen molar-refractivity contribution in [3.8, 4) is 11.5 Å². The summed E-state index contributed by atoms with van der Waals surface area (Å²) < 4.78 is 11.1. The Morgan fingerprint density at radius 3 is 2.50 bits per heavy atom. The third kappa shape index (κ3) is 2.17. The monoisotopic (exact) mass is 261 g/mol. The van der Waals surface area contributed by atoms with Crippen molar-refractivity contribution in [1.82, 2.24) is 0 Å². The predicted octanol–water partition coefficient (Wildman–Crippen LogP) is 1.86. The fourth-order valence-electron chi connectivity index (χ4n) is 1.16. The van der Waals surface area contributed by atoms with E-state index in [4.69, 9.17) is 15.4 Å². The molecule has 1 aromatic carbocycles. The molecule has 1 aromatic rings. The van der Waals surface area contributed by atoms with Gasteiger partial charge >= 0.3 is 0 Å². The van der Waals surface area contributed by atoms with Crippen LogP contribution in [0.5, 0.6) is 11.5 Å². The van der Waals surface area contributed by atoms with Gasteiger partial charge in [0.2, 0.25) is 0 Å². The lowest BCUT2D eigenvalue weighted by Crippen LogP contribution is -2.02. The maximum atomic E-state index is 5.21. The topological polar surface area (TPSA) is 53.7 Å². The van der Waals surface area contributed by atoms with Crippen LogP contribution in [-0.4, -0.2) is 14.2 Å². The largest absolute Gasteiger partial charge is 0.495 e. The summed E-state index contributed by atoms with van der Waals surface area (Å²) in [6.45, 7) is 0.297. The van der Waals surface area contributed by atoms with Crippen LogP contribution in [0.1, 0.15) is 5.56 Å². The minimum Gasteiger partial charge on any atom is -0.495 e. The van der Waals surface area contributed by atoms with Gasteiger partial charge in [-0.05, 0) is 28.1 Å². The quantitative estimate of drug-likeness (QED) is 0.841. The molecule has 14 heavy (non-hydrogen) atoms. The highest BCUT2D eigenvalue weighted by Gasteiger charge is 2.12. The van der Waals surface area contributed by atoms with Crippen LogP contribution < -0.4 is 15.4 Å². The number of halogens is 1. The van der Waals surface area contributed by atoms with E-state index in [1.807, 2.05) is 12.1 Å². The SMILES string of the molecule is COc1ccc(CON)c(OC)c1Br. The number of hydrogen-bond acceptors (Lipinski definition) is 4. The summed E-state index contributed by atoms with van der Waals surface area (Å²) >= 11 is 3.38. The van der Waals surface area contributed by atoms with Gasteiger partial charge in [0.05, 0.1) is 20.8 Å². The first-order valence-electron chi connectivity index (χ1n) is 3.95. The molecule has 4 nitrogen and oxygen atoms in total. The van der Waals surface area contributed by atoms with Crippen molar-refractivity contribution in [3.05, 3.63) is 22.2 Å². The first-order chi connectivity index (χ1) is 6.74. The van der Waals surface area contributed by atoms with Crippen LogP contribution in [0.3, 0.4) is 0 Å². The standard InChI is InChI=1S/C9H12BrNO3/c1-12-7-4-3-6(5-14-11)9(13-2)8(7)10/h3-4H,5,11H2,1-2H3. The van der Waals surface area contributed by atoms with E-state index in [2.05, 4.69) is 20.8 Å². The second-order valence-electron chi connectivity index (χ2n) is 2.59. The van der Waals surface area contributed by atoms with Crippen molar-refractivity contribution in [2.45, 2.75) is 6.61 Å². The molecule has 0 aliphatic carbocycles. The number of ether oxygens (including phenoxy) is 2. The number of rotatable bonds is 4. The Morgan fingerprint density at radius 2 is 2.00 bits per heavy atom. The van der Waals surface area contributed by atoms with Gasteiger partial charge in [0.25, 0.3) is 0 Å². The molecule has 1 rings (SSSR count). The molecule has 0 bridgehead atoms. The molecule has 0 saturated heterocycles. The zero-order chi connectivity index (χ0) is 10.6. The van der Waals surface area contributed by atoms with Crippen molar-refractivity contribution < 1.29 is 14.3 Å². The second kappa shape index (κ2) is 5.19. The average Bonchev–Trinajstić information content (AvgIpc) is 2.19. The van der Waals surface area contributed by atoms with Crippen LogP contribution >= 0.6 is 15.9 Å². The molecule has 0 aromatic heterocycles. The average molecular weight is 262 g/mol. The molecule has 0 unspecified atom stereocenters. The van der Waals surface area contributed by atoms with Gasteiger partial charge in [0.1, 0.15) is 16.0 Å². The molecule has 0 aliphatic heterocycles. The fraction of sp³-hybridized carbons (Fsp3) is 0.333. The van der Waals surface area contributed by atoms with E-state index in [1.165, 1.54) is 0 Å². The van der Waals surface area contributed by atoms with Crippen molar-refractivity contribution in [2.75, 3.05) is 14.2 Å². The maximum Gasteiger partial charge on any atom is 0.142 e. The van der Waals surface area contributed by atoms with Crippen LogP contribution in [0, 0.1) is 0 Å². The molecule has 0 atom stereocenters. The smallest absolute Gasteiger partial charge is 0.142 e. The Kier molecular flexibility index (Phi) is 4.19. The van der Waals surface area contributed by atoms with Gasteiger partial charge in [-0.3, -0.25) is 4.84 Å². The Morgan fingerprint density at radius 1 is 1.29 bits per heavy atom. The van der Waals surface area contributed by atoms with Gasteiger partial charge in [-0.15, -0.1) is 0 Å². The van der Waals surface area contributed by atoms with E-state index in [9.17, 15) is 0 Å². The molecule has 5 heteroatoms. The molecule has 0 aliphatic rings. The lowest BCUT2D eigenvalue weighted by Gasteiger charge is -2.12. The Labute approximate surface area is 91.0 Å². The highest BCUT2D eigenvalue weighted by molar-refractivity contribution is 9.10. The summed E-state index contributed by atoms with van der Waals surface area (Å²) in [5.41, 5.74) is 0.864. The third-order valence-corrected chi connectivity index (χ3v) is 2.56. The van der Waals surface area contributed by atoms with E-state index in [-0.39, 0.29) is 0 Å². The normalized spacial score (nSPS) is 10.0. The van der Waals surface area contributed by atoms with Crippen LogP contribution in [0.15, 0.2) is 16.6 Å². The highest BCUT2D eigenvalue weighted by Crippen LogP contribution is 2.37. The number of nitrogens with two attached hydrogens (primary N) is 1. The van der Waals surface area contributed by atoms with Crippen LogP contribution in [0.2, 0.25) is 0 Å². The van der Waals surface area contributed by atoms with Crippen molar-refractivity contribution in [2.24, 2.45) is 5.90 Å². The molecular weight excluding hydrogens is 250 g/mol. The lowest BCUT2D eigenvalue weighted by atomic mass is 10.2. The molecule has 2 N–H and O–H groups in total.